The normalized spacial score (nSPS) is 26.1. The maximum absolute atomic E-state index is 6.18. The first-order chi connectivity index (χ1) is 7.22. The maximum atomic E-state index is 6.18. The molecule has 1 saturated carbocycles. The van der Waals surface area contributed by atoms with Gasteiger partial charge in [-0.1, -0.05) is 18.5 Å². The van der Waals surface area contributed by atoms with Gasteiger partial charge in [-0.05, 0) is 25.7 Å². The Hall–Kier alpha value is -0.540. The number of halogens is 1. The highest BCUT2D eigenvalue weighted by molar-refractivity contribution is 6.31. The highest BCUT2D eigenvalue weighted by Gasteiger charge is 2.27. The van der Waals surface area contributed by atoms with E-state index in [-0.39, 0.29) is 0 Å². The molecule has 84 valence electrons. The summed E-state index contributed by atoms with van der Waals surface area (Å²) in [5.74, 6) is 0.515. The third kappa shape index (κ3) is 2.18. The van der Waals surface area contributed by atoms with Crippen LogP contribution >= 0.6 is 11.6 Å². The molecule has 1 aliphatic carbocycles. The molecule has 1 aromatic rings. The third-order valence-corrected chi connectivity index (χ3v) is 3.42. The number of nitrogens with two attached hydrogens (primary N) is 1. The monoisotopic (exact) mass is 227 g/mol. The molecular formula is C11H18ClN3. The van der Waals surface area contributed by atoms with E-state index in [9.17, 15) is 0 Å². The van der Waals surface area contributed by atoms with Crippen molar-refractivity contribution in [1.82, 2.24) is 9.78 Å². The van der Waals surface area contributed by atoms with Crippen LogP contribution in [0.4, 0.5) is 0 Å². The zero-order valence-corrected chi connectivity index (χ0v) is 9.87. The number of hydrogen-bond donors (Lipinski definition) is 1. The van der Waals surface area contributed by atoms with Gasteiger partial charge in [0.25, 0.3) is 0 Å². The summed E-state index contributed by atoms with van der Waals surface area (Å²) < 4.78 is 2.05. The molecule has 1 aromatic heterocycles. The first kappa shape index (κ1) is 11.0. The molecule has 0 bridgehead atoms. The van der Waals surface area contributed by atoms with Gasteiger partial charge in [0.1, 0.15) is 0 Å². The van der Waals surface area contributed by atoms with E-state index in [1.807, 2.05) is 4.68 Å². The summed E-state index contributed by atoms with van der Waals surface area (Å²) in [5, 5.41) is 5.13. The maximum Gasteiger partial charge on any atom is 0.0820 e. The van der Waals surface area contributed by atoms with Crippen molar-refractivity contribution >= 4 is 11.6 Å². The van der Waals surface area contributed by atoms with Gasteiger partial charge in [-0.2, -0.15) is 5.10 Å². The van der Waals surface area contributed by atoms with Crippen LogP contribution in [0.2, 0.25) is 5.02 Å². The van der Waals surface area contributed by atoms with Crippen molar-refractivity contribution in [3.63, 3.8) is 0 Å². The van der Waals surface area contributed by atoms with Gasteiger partial charge in [-0.15, -0.1) is 0 Å². The van der Waals surface area contributed by atoms with Gasteiger partial charge in [0.2, 0.25) is 0 Å². The molecule has 2 unspecified atom stereocenters. The molecule has 4 heteroatoms. The van der Waals surface area contributed by atoms with Crippen LogP contribution in [0, 0.1) is 0 Å². The van der Waals surface area contributed by atoms with Crippen LogP contribution in [0.3, 0.4) is 0 Å². The van der Waals surface area contributed by atoms with Gasteiger partial charge in [-0.3, -0.25) is 4.68 Å². The van der Waals surface area contributed by atoms with Crippen LogP contribution in [0.15, 0.2) is 6.20 Å². The van der Waals surface area contributed by atoms with E-state index in [1.165, 1.54) is 5.69 Å². The lowest BCUT2D eigenvalue weighted by atomic mass is 10.0. The Kier molecular flexibility index (Phi) is 3.32. The molecule has 0 saturated heterocycles. The Balaban J connectivity index is 2.21. The summed E-state index contributed by atoms with van der Waals surface area (Å²) in [6, 6.07) is 0.344. The van der Waals surface area contributed by atoms with Crippen LogP contribution in [0.5, 0.6) is 0 Å². The smallest absolute Gasteiger partial charge is 0.0820 e. The van der Waals surface area contributed by atoms with Gasteiger partial charge in [0, 0.05) is 18.5 Å². The molecule has 0 aromatic carbocycles. The summed E-state index contributed by atoms with van der Waals surface area (Å²) in [7, 11) is 0. The van der Waals surface area contributed by atoms with Crippen LogP contribution in [0.25, 0.3) is 0 Å². The first-order valence-corrected chi connectivity index (χ1v) is 6.07. The number of rotatable bonds is 3. The van der Waals surface area contributed by atoms with Gasteiger partial charge in [0.15, 0.2) is 0 Å². The lowest BCUT2D eigenvalue weighted by molar-refractivity contribution is 0.534. The average molecular weight is 228 g/mol. The van der Waals surface area contributed by atoms with Crippen LogP contribution < -0.4 is 5.73 Å². The van der Waals surface area contributed by atoms with Crippen molar-refractivity contribution in [2.75, 3.05) is 0 Å². The van der Waals surface area contributed by atoms with Gasteiger partial charge in [-0.25, -0.2) is 0 Å². The highest BCUT2D eigenvalue weighted by Crippen LogP contribution is 2.37. The molecular weight excluding hydrogens is 210 g/mol. The summed E-state index contributed by atoms with van der Waals surface area (Å²) in [5.41, 5.74) is 7.13. The Bertz CT molecular complexity index is 335. The molecule has 2 N–H and O–H groups in total. The minimum absolute atomic E-state index is 0.344. The van der Waals surface area contributed by atoms with Crippen molar-refractivity contribution in [2.45, 2.75) is 51.1 Å². The van der Waals surface area contributed by atoms with Crippen LogP contribution in [0.1, 0.15) is 44.2 Å². The molecule has 0 radical (unpaired) electrons. The standard InChI is InChI=1S/C11H18ClN3/c1-2-5-15-11(10(12)7-14-15)8-3-4-9(13)6-8/h7-9H,2-6,13H2,1H3. The zero-order valence-electron chi connectivity index (χ0n) is 9.12. The van der Waals surface area contributed by atoms with Crippen LogP contribution in [-0.2, 0) is 6.54 Å². The molecule has 15 heavy (non-hydrogen) atoms. The fraction of sp³-hybridized carbons (Fsp3) is 0.727. The second-order valence-electron chi connectivity index (χ2n) is 4.37. The lowest BCUT2D eigenvalue weighted by Crippen LogP contribution is -2.15. The van der Waals surface area contributed by atoms with E-state index >= 15 is 0 Å². The number of hydrogen-bond acceptors (Lipinski definition) is 2. The molecule has 0 aliphatic heterocycles. The highest BCUT2D eigenvalue weighted by atomic mass is 35.5. The fourth-order valence-electron chi connectivity index (χ4n) is 2.43. The first-order valence-electron chi connectivity index (χ1n) is 5.69. The van der Waals surface area contributed by atoms with Crippen molar-refractivity contribution < 1.29 is 0 Å². The average Bonchev–Trinajstić information content (AvgIpc) is 2.74. The molecule has 2 atom stereocenters. The van der Waals surface area contributed by atoms with Crippen molar-refractivity contribution in [1.29, 1.82) is 0 Å². The largest absolute Gasteiger partial charge is 0.328 e. The molecule has 2 rings (SSSR count). The van der Waals surface area contributed by atoms with Crippen molar-refractivity contribution in [3.8, 4) is 0 Å². The number of aryl methyl sites for hydroxylation is 1. The quantitative estimate of drug-likeness (QED) is 0.863. The minimum atomic E-state index is 0.344. The number of nitrogens with zero attached hydrogens (tertiary/aromatic N) is 2. The minimum Gasteiger partial charge on any atom is -0.328 e. The van der Waals surface area contributed by atoms with Crippen molar-refractivity contribution in [2.24, 2.45) is 5.73 Å². The SMILES string of the molecule is CCCn1ncc(Cl)c1C1CCC(N)C1. The van der Waals surface area contributed by atoms with Crippen LogP contribution in [-0.4, -0.2) is 15.8 Å². The van der Waals surface area contributed by atoms with E-state index in [0.717, 1.165) is 37.3 Å². The lowest BCUT2D eigenvalue weighted by Gasteiger charge is -2.13. The molecule has 3 nitrogen and oxygen atoms in total. The van der Waals surface area contributed by atoms with E-state index in [2.05, 4.69) is 12.0 Å². The zero-order chi connectivity index (χ0) is 10.8. The Morgan fingerprint density at radius 2 is 2.40 bits per heavy atom. The number of aromatic nitrogens is 2. The summed E-state index contributed by atoms with van der Waals surface area (Å²) >= 11 is 6.18. The fourth-order valence-corrected chi connectivity index (χ4v) is 2.73. The Labute approximate surface area is 95.6 Å². The van der Waals surface area contributed by atoms with Gasteiger partial charge in [0.05, 0.1) is 16.9 Å². The predicted octanol–water partition coefficient (Wildman–Crippen LogP) is 2.54. The van der Waals surface area contributed by atoms with E-state index in [0.29, 0.717) is 12.0 Å². The Morgan fingerprint density at radius 3 is 3.00 bits per heavy atom. The van der Waals surface area contributed by atoms with Gasteiger partial charge < -0.3 is 5.73 Å². The van der Waals surface area contributed by atoms with Crippen molar-refractivity contribution in [3.05, 3.63) is 16.9 Å². The summed E-state index contributed by atoms with van der Waals surface area (Å²) in [6.45, 7) is 3.10. The molecule has 1 heterocycles. The second-order valence-corrected chi connectivity index (χ2v) is 4.78. The summed E-state index contributed by atoms with van der Waals surface area (Å²) in [4.78, 5) is 0. The third-order valence-electron chi connectivity index (χ3n) is 3.13. The summed E-state index contributed by atoms with van der Waals surface area (Å²) in [6.07, 6.45) is 6.16. The Morgan fingerprint density at radius 1 is 1.60 bits per heavy atom. The second kappa shape index (κ2) is 4.54. The molecule has 1 aliphatic rings. The van der Waals surface area contributed by atoms with E-state index in [1.54, 1.807) is 6.20 Å². The molecule has 1 fully saturated rings. The molecule has 0 amide bonds. The predicted molar refractivity (Wildman–Crippen MR) is 62.1 cm³/mol. The van der Waals surface area contributed by atoms with E-state index < -0.39 is 0 Å². The topological polar surface area (TPSA) is 43.8 Å². The van der Waals surface area contributed by atoms with E-state index in [4.69, 9.17) is 17.3 Å². The van der Waals surface area contributed by atoms with Gasteiger partial charge >= 0.3 is 0 Å². The molecule has 0 spiro atoms.